The number of fused-ring (bicyclic) bond motifs is 1. The molecule has 1 aromatic heterocycles. The summed E-state index contributed by atoms with van der Waals surface area (Å²) < 4.78 is 1.87. The second kappa shape index (κ2) is 8.31. The van der Waals surface area contributed by atoms with Crippen LogP contribution in [0.5, 0.6) is 0 Å². The second-order valence-electron chi connectivity index (χ2n) is 7.31. The zero-order valence-electron chi connectivity index (χ0n) is 16.0. The summed E-state index contributed by atoms with van der Waals surface area (Å²) in [6.45, 7) is 0. The molecule has 29 heavy (non-hydrogen) atoms. The average Bonchev–Trinajstić information content (AvgIpc) is 3.16. The lowest BCUT2D eigenvalue weighted by Gasteiger charge is -2.19. The van der Waals surface area contributed by atoms with Crippen LogP contribution < -0.4 is 5.32 Å². The largest absolute Gasteiger partial charge is 0.481 e. The summed E-state index contributed by atoms with van der Waals surface area (Å²) in [5, 5.41) is 12.4. The van der Waals surface area contributed by atoms with E-state index in [1.165, 1.54) is 0 Å². The second-order valence-corrected chi connectivity index (χ2v) is 7.31. The molecule has 1 unspecified atom stereocenters. The topological polar surface area (TPSA) is 84.2 Å². The maximum absolute atomic E-state index is 12.5. The first-order chi connectivity index (χ1) is 14.1. The van der Waals surface area contributed by atoms with Crippen molar-refractivity contribution in [2.24, 2.45) is 0 Å². The van der Waals surface area contributed by atoms with Gasteiger partial charge in [-0.25, -0.2) is 4.98 Å². The predicted octanol–water partition coefficient (Wildman–Crippen LogP) is 4.54. The minimum absolute atomic E-state index is 0.0566. The molecule has 0 radical (unpaired) electrons. The van der Waals surface area contributed by atoms with Gasteiger partial charge >= 0.3 is 5.97 Å². The van der Waals surface area contributed by atoms with Gasteiger partial charge in [-0.1, -0.05) is 36.4 Å². The molecular formula is C23H23N3O3. The van der Waals surface area contributed by atoms with Crippen LogP contribution in [0.3, 0.4) is 0 Å². The number of allylic oxidation sites excluding steroid dienone is 1. The standard InChI is InChI=1S/C23H23N3O3/c27-22(28)14-20(16-7-3-1-4-8-16)26-15-24-19-12-11-18(13-21(19)26)25-23(29)17-9-5-2-6-10-17/h1,3-4,7-9,11-13,15,20H,2,5-6,10,14H2,(H,25,29)(H,27,28). The first-order valence-electron chi connectivity index (χ1n) is 9.85. The van der Waals surface area contributed by atoms with E-state index in [9.17, 15) is 14.7 Å². The van der Waals surface area contributed by atoms with Gasteiger partial charge < -0.3 is 15.0 Å². The Kier molecular flexibility index (Phi) is 5.42. The monoisotopic (exact) mass is 389 g/mol. The van der Waals surface area contributed by atoms with Crippen molar-refractivity contribution in [2.45, 2.75) is 38.1 Å². The highest BCUT2D eigenvalue weighted by Gasteiger charge is 2.20. The lowest BCUT2D eigenvalue weighted by molar-refractivity contribution is -0.137. The van der Waals surface area contributed by atoms with E-state index in [0.29, 0.717) is 5.69 Å². The van der Waals surface area contributed by atoms with Crippen molar-refractivity contribution >= 4 is 28.6 Å². The van der Waals surface area contributed by atoms with E-state index in [0.717, 1.165) is 47.9 Å². The van der Waals surface area contributed by atoms with E-state index in [1.807, 2.05) is 59.2 Å². The van der Waals surface area contributed by atoms with Crippen LogP contribution in [0.25, 0.3) is 11.0 Å². The molecule has 4 rings (SSSR count). The molecule has 0 fully saturated rings. The van der Waals surface area contributed by atoms with Gasteiger partial charge in [0.1, 0.15) is 0 Å². The molecule has 1 atom stereocenters. The molecule has 0 spiro atoms. The molecule has 1 aliphatic carbocycles. The number of carbonyl (C=O) groups excluding carboxylic acids is 1. The van der Waals surface area contributed by atoms with Crippen LogP contribution in [0.15, 0.2) is 66.5 Å². The molecule has 6 heteroatoms. The smallest absolute Gasteiger partial charge is 0.305 e. The minimum atomic E-state index is -0.880. The zero-order chi connectivity index (χ0) is 20.2. The van der Waals surface area contributed by atoms with E-state index < -0.39 is 5.97 Å². The van der Waals surface area contributed by atoms with Gasteiger partial charge in [-0.15, -0.1) is 0 Å². The molecule has 0 saturated heterocycles. The van der Waals surface area contributed by atoms with Crippen LogP contribution in [0.2, 0.25) is 0 Å². The molecule has 0 saturated carbocycles. The highest BCUT2D eigenvalue weighted by Crippen LogP contribution is 2.28. The number of hydrogen-bond acceptors (Lipinski definition) is 3. The fourth-order valence-corrected chi connectivity index (χ4v) is 3.83. The van der Waals surface area contributed by atoms with E-state index in [2.05, 4.69) is 10.3 Å². The number of carboxylic acid groups (broad SMARTS) is 1. The Morgan fingerprint density at radius 1 is 1.14 bits per heavy atom. The Labute approximate surface area is 168 Å². The molecule has 6 nitrogen and oxygen atoms in total. The summed E-state index contributed by atoms with van der Waals surface area (Å²) in [6, 6.07) is 14.7. The van der Waals surface area contributed by atoms with Crippen molar-refractivity contribution in [3.8, 4) is 0 Å². The van der Waals surface area contributed by atoms with Gasteiger partial charge in [-0.05, 0) is 49.4 Å². The lowest BCUT2D eigenvalue weighted by Crippen LogP contribution is -2.16. The fourth-order valence-electron chi connectivity index (χ4n) is 3.83. The lowest BCUT2D eigenvalue weighted by atomic mass is 9.99. The molecule has 0 aliphatic heterocycles. The molecular weight excluding hydrogens is 366 g/mol. The van der Waals surface area contributed by atoms with Crippen molar-refractivity contribution in [1.82, 2.24) is 9.55 Å². The Balaban J connectivity index is 1.67. The van der Waals surface area contributed by atoms with Gasteiger partial charge in [0.2, 0.25) is 0 Å². The van der Waals surface area contributed by atoms with E-state index in [4.69, 9.17) is 0 Å². The predicted molar refractivity (Wildman–Crippen MR) is 112 cm³/mol. The number of hydrogen-bond donors (Lipinski definition) is 2. The molecule has 2 aromatic carbocycles. The molecule has 1 amide bonds. The number of anilines is 1. The molecule has 1 heterocycles. The minimum Gasteiger partial charge on any atom is -0.481 e. The van der Waals surface area contributed by atoms with Crippen molar-refractivity contribution in [2.75, 3.05) is 5.32 Å². The third-order valence-electron chi connectivity index (χ3n) is 5.30. The van der Waals surface area contributed by atoms with Crippen LogP contribution in [-0.2, 0) is 9.59 Å². The number of imidazole rings is 1. The number of carboxylic acids is 1. The number of aromatic nitrogens is 2. The molecule has 148 valence electrons. The zero-order valence-corrected chi connectivity index (χ0v) is 16.0. The van der Waals surface area contributed by atoms with E-state index in [1.54, 1.807) is 6.33 Å². The van der Waals surface area contributed by atoms with Crippen LogP contribution in [0.1, 0.15) is 43.7 Å². The van der Waals surface area contributed by atoms with Crippen LogP contribution >= 0.6 is 0 Å². The van der Waals surface area contributed by atoms with Crippen LogP contribution in [0.4, 0.5) is 5.69 Å². The molecule has 1 aliphatic rings. The Bertz CT molecular complexity index is 1070. The summed E-state index contributed by atoms with van der Waals surface area (Å²) in [6.07, 6.45) is 7.55. The number of rotatable bonds is 6. The quantitative estimate of drug-likeness (QED) is 0.648. The summed E-state index contributed by atoms with van der Waals surface area (Å²) in [5.41, 5.74) is 3.95. The summed E-state index contributed by atoms with van der Waals surface area (Å²) in [7, 11) is 0. The summed E-state index contributed by atoms with van der Waals surface area (Å²) in [5.74, 6) is -0.949. The Morgan fingerprint density at radius 2 is 1.97 bits per heavy atom. The maximum Gasteiger partial charge on any atom is 0.305 e. The number of amides is 1. The molecule has 3 aromatic rings. The summed E-state index contributed by atoms with van der Waals surface area (Å²) >= 11 is 0. The fraction of sp³-hybridized carbons (Fsp3) is 0.261. The molecule has 2 N–H and O–H groups in total. The van der Waals surface area contributed by atoms with Gasteiger partial charge in [0.25, 0.3) is 5.91 Å². The highest BCUT2D eigenvalue weighted by molar-refractivity contribution is 6.04. The molecule has 0 bridgehead atoms. The first-order valence-corrected chi connectivity index (χ1v) is 9.85. The number of carbonyl (C=O) groups is 2. The number of nitrogens with one attached hydrogen (secondary N) is 1. The summed E-state index contributed by atoms with van der Waals surface area (Å²) in [4.78, 5) is 28.5. The first kappa shape index (κ1) is 18.9. The van der Waals surface area contributed by atoms with Gasteiger partial charge in [0, 0.05) is 11.3 Å². The third-order valence-corrected chi connectivity index (χ3v) is 5.30. The van der Waals surface area contributed by atoms with Crippen molar-refractivity contribution in [3.05, 3.63) is 72.1 Å². The van der Waals surface area contributed by atoms with E-state index in [-0.39, 0.29) is 18.4 Å². The number of nitrogens with zero attached hydrogens (tertiary/aromatic N) is 2. The SMILES string of the molecule is O=C(O)CC(c1ccccc1)n1cnc2ccc(NC(=O)C3=CCCCC3)cc21. The number of aliphatic carboxylic acids is 1. The van der Waals surface area contributed by atoms with Gasteiger partial charge in [-0.3, -0.25) is 9.59 Å². The van der Waals surface area contributed by atoms with E-state index >= 15 is 0 Å². The van der Waals surface area contributed by atoms with Gasteiger partial charge in [0.05, 0.1) is 29.8 Å². The normalized spacial score (nSPS) is 15.0. The highest BCUT2D eigenvalue weighted by atomic mass is 16.4. The Hall–Kier alpha value is -3.41. The number of benzene rings is 2. The van der Waals surface area contributed by atoms with Crippen LogP contribution in [0, 0.1) is 0 Å². The van der Waals surface area contributed by atoms with Crippen molar-refractivity contribution in [1.29, 1.82) is 0 Å². The third kappa shape index (κ3) is 4.21. The van der Waals surface area contributed by atoms with Gasteiger partial charge in [0.15, 0.2) is 0 Å². The average molecular weight is 389 g/mol. The Morgan fingerprint density at radius 3 is 2.69 bits per heavy atom. The van der Waals surface area contributed by atoms with Crippen molar-refractivity contribution < 1.29 is 14.7 Å². The van der Waals surface area contributed by atoms with Gasteiger partial charge in [-0.2, -0.15) is 0 Å². The maximum atomic E-state index is 12.5. The van der Waals surface area contributed by atoms with Crippen LogP contribution in [-0.4, -0.2) is 26.5 Å². The van der Waals surface area contributed by atoms with Crippen molar-refractivity contribution in [3.63, 3.8) is 0 Å².